The zero-order valence-electron chi connectivity index (χ0n) is 17.1. The third-order valence-corrected chi connectivity index (χ3v) is 7.66. The maximum absolute atomic E-state index is 6.35. The molecule has 0 N–H and O–H groups in total. The van der Waals surface area contributed by atoms with Crippen LogP contribution in [0.3, 0.4) is 0 Å². The van der Waals surface area contributed by atoms with E-state index in [0.29, 0.717) is 5.92 Å². The van der Waals surface area contributed by atoms with Crippen LogP contribution in [0.1, 0.15) is 50.3 Å². The average molecular weight is 389 g/mol. The molecule has 0 unspecified atom stereocenters. The first kappa shape index (κ1) is 17.5. The van der Waals surface area contributed by atoms with E-state index in [-0.39, 0.29) is 11.0 Å². The molecule has 5 heteroatoms. The van der Waals surface area contributed by atoms with Gasteiger partial charge in [0.05, 0.1) is 36.2 Å². The van der Waals surface area contributed by atoms with Gasteiger partial charge in [0.2, 0.25) is 0 Å². The minimum Gasteiger partial charge on any atom is -0.493 e. The largest absolute Gasteiger partial charge is 0.493 e. The van der Waals surface area contributed by atoms with Crippen molar-refractivity contribution in [1.82, 2.24) is 14.8 Å². The molecule has 1 spiro atoms. The van der Waals surface area contributed by atoms with Gasteiger partial charge < -0.3 is 9.47 Å². The summed E-state index contributed by atoms with van der Waals surface area (Å²) in [4.78, 5) is 4.32. The second-order valence-corrected chi connectivity index (χ2v) is 9.14. The first-order chi connectivity index (χ1) is 14.1. The van der Waals surface area contributed by atoms with E-state index in [2.05, 4.69) is 30.1 Å². The normalized spacial score (nSPS) is 30.5. The van der Waals surface area contributed by atoms with Crippen LogP contribution in [0, 0.1) is 12.8 Å². The molecule has 2 aromatic heterocycles. The second kappa shape index (κ2) is 6.05. The standard InChI is InChI=1S/C24H27N3O2/c1-3-24-7-6-23(15-29-23)13-18(24)5-9-28-22-12-21-17(11-20(22)24)14-26-27(21)19-4-8-25-16(2)10-19/h4,8,10-12,14,18H,3,5-7,9,13,15H2,1-2H3/t18-,23+,24+/m0/s1. The number of pyridine rings is 1. The van der Waals surface area contributed by atoms with Crippen LogP contribution in [-0.4, -0.2) is 33.6 Å². The van der Waals surface area contributed by atoms with Crippen LogP contribution in [0.4, 0.5) is 0 Å². The quantitative estimate of drug-likeness (QED) is 0.595. The van der Waals surface area contributed by atoms with Crippen LogP contribution in [-0.2, 0) is 10.2 Å². The SMILES string of the molecule is CC[C@@]12CC[C@]3(CO3)C[C@@H]1CCOc1cc3c(cnn3-c3ccnc(C)c3)cc12. The Hall–Kier alpha value is -2.40. The Balaban J connectivity index is 1.50. The third-order valence-electron chi connectivity index (χ3n) is 7.66. The predicted molar refractivity (Wildman–Crippen MR) is 112 cm³/mol. The topological polar surface area (TPSA) is 52.5 Å². The number of fused-ring (bicyclic) bond motifs is 4. The van der Waals surface area contributed by atoms with Gasteiger partial charge in [-0.1, -0.05) is 6.92 Å². The van der Waals surface area contributed by atoms with E-state index >= 15 is 0 Å². The average Bonchev–Trinajstić information content (AvgIpc) is 3.39. The van der Waals surface area contributed by atoms with E-state index in [1.165, 1.54) is 30.2 Å². The highest BCUT2D eigenvalue weighted by Crippen LogP contribution is 2.58. The molecule has 29 heavy (non-hydrogen) atoms. The van der Waals surface area contributed by atoms with Crippen molar-refractivity contribution in [2.24, 2.45) is 5.92 Å². The van der Waals surface area contributed by atoms with Crippen molar-refractivity contribution < 1.29 is 9.47 Å². The molecule has 150 valence electrons. The third kappa shape index (κ3) is 2.56. The maximum atomic E-state index is 6.35. The molecule has 2 aliphatic heterocycles. The summed E-state index contributed by atoms with van der Waals surface area (Å²) < 4.78 is 14.2. The fourth-order valence-electron chi connectivity index (χ4n) is 5.90. The fourth-order valence-corrected chi connectivity index (χ4v) is 5.90. The lowest BCUT2D eigenvalue weighted by Gasteiger charge is -2.45. The van der Waals surface area contributed by atoms with Gasteiger partial charge in [0.1, 0.15) is 5.75 Å². The lowest BCUT2D eigenvalue weighted by atomic mass is 9.58. The van der Waals surface area contributed by atoms with Crippen molar-refractivity contribution >= 4 is 10.9 Å². The van der Waals surface area contributed by atoms with Crippen molar-refractivity contribution in [1.29, 1.82) is 0 Å². The monoisotopic (exact) mass is 389 g/mol. The minimum atomic E-state index is 0.183. The van der Waals surface area contributed by atoms with Crippen LogP contribution < -0.4 is 4.74 Å². The van der Waals surface area contributed by atoms with Crippen LogP contribution >= 0.6 is 0 Å². The summed E-state index contributed by atoms with van der Waals surface area (Å²) in [6, 6.07) is 8.64. The van der Waals surface area contributed by atoms with Crippen molar-refractivity contribution in [2.45, 2.75) is 57.0 Å². The molecule has 0 bridgehead atoms. The molecule has 0 radical (unpaired) electrons. The molecule has 1 aromatic carbocycles. The number of epoxide rings is 1. The first-order valence-corrected chi connectivity index (χ1v) is 10.8. The summed E-state index contributed by atoms with van der Waals surface area (Å²) in [5.74, 6) is 1.67. The van der Waals surface area contributed by atoms with Gasteiger partial charge >= 0.3 is 0 Å². The van der Waals surface area contributed by atoms with Gasteiger partial charge in [-0.3, -0.25) is 4.98 Å². The van der Waals surface area contributed by atoms with Crippen molar-refractivity contribution in [3.8, 4) is 11.4 Å². The van der Waals surface area contributed by atoms with E-state index in [1.807, 2.05) is 30.1 Å². The number of ether oxygens (including phenoxy) is 2. The Kier molecular flexibility index (Phi) is 3.64. The molecule has 1 saturated heterocycles. The Labute approximate surface area is 171 Å². The lowest BCUT2D eigenvalue weighted by molar-refractivity contribution is 0.0950. The number of aromatic nitrogens is 3. The number of benzene rings is 1. The van der Waals surface area contributed by atoms with Gasteiger partial charge in [-0.25, -0.2) is 4.68 Å². The van der Waals surface area contributed by atoms with E-state index in [4.69, 9.17) is 14.6 Å². The Bertz CT molecular complexity index is 1100. The van der Waals surface area contributed by atoms with Crippen LogP contribution in [0.25, 0.3) is 16.6 Å². The zero-order valence-corrected chi connectivity index (χ0v) is 17.1. The number of hydrogen-bond acceptors (Lipinski definition) is 4. The van der Waals surface area contributed by atoms with Crippen LogP contribution in [0.5, 0.6) is 5.75 Å². The molecule has 4 heterocycles. The molecule has 6 rings (SSSR count). The molecule has 0 amide bonds. The predicted octanol–water partition coefficient (Wildman–Crippen LogP) is 4.73. The summed E-state index contributed by atoms with van der Waals surface area (Å²) in [7, 11) is 0. The zero-order chi connectivity index (χ0) is 19.6. The van der Waals surface area contributed by atoms with E-state index in [9.17, 15) is 0 Å². The number of hydrogen-bond donors (Lipinski definition) is 0. The molecular weight excluding hydrogens is 362 g/mol. The smallest absolute Gasteiger partial charge is 0.125 e. The minimum absolute atomic E-state index is 0.183. The molecule has 1 saturated carbocycles. The highest BCUT2D eigenvalue weighted by molar-refractivity contribution is 5.83. The summed E-state index contributed by atoms with van der Waals surface area (Å²) >= 11 is 0. The van der Waals surface area contributed by atoms with Gasteiger partial charge in [-0.15, -0.1) is 0 Å². The molecule has 3 aromatic rings. The van der Waals surface area contributed by atoms with Crippen LogP contribution in [0.2, 0.25) is 0 Å². The van der Waals surface area contributed by atoms with Crippen molar-refractivity contribution in [3.63, 3.8) is 0 Å². The molecule has 3 aliphatic rings. The lowest BCUT2D eigenvalue weighted by Crippen LogP contribution is -2.42. The molecule has 1 aliphatic carbocycles. The van der Waals surface area contributed by atoms with Crippen molar-refractivity contribution in [3.05, 3.63) is 47.9 Å². The summed E-state index contributed by atoms with van der Waals surface area (Å²) in [6.07, 6.45) is 9.62. The van der Waals surface area contributed by atoms with Gasteiger partial charge in [0, 0.05) is 34.3 Å². The molecule has 2 fully saturated rings. The number of nitrogens with zero attached hydrogens (tertiary/aromatic N) is 3. The van der Waals surface area contributed by atoms with E-state index in [1.54, 1.807) is 0 Å². The second-order valence-electron chi connectivity index (χ2n) is 9.14. The fraction of sp³-hybridized carbons (Fsp3) is 0.500. The first-order valence-electron chi connectivity index (χ1n) is 10.8. The molecular formula is C24H27N3O2. The summed E-state index contributed by atoms with van der Waals surface area (Å²) in [6.45, 7) is 6.09. The van der Waals surface area contributed by atoms with Gasteiger partial charge in [0.25, 0.3) is 0 Å². The van der Waals surface area contributed by atoms with Gasteiger partial charge in [0.15, 0.2) is 0 Å². The van der Waals surface area contributed by atoms with E-state index in [0.717, 1.165) is 48.7 Å². The van der Waals surface area contributed by atoms with Crippen molar-refractivity contribution in [2.75, 3.05) is 13.2 Å². The highest BCUT2D eigenvalue weighted by Gasteiger charge is 2.56. The van der Waals surface area contributed by atoms with Gasteiger partial charge in [-0.05, 0) is 63.1 Å². The van der Waals surface area contributed by atoms with Crippen LogP contribution in [0.15, 0.2) is 36.7 Å². The highest BCUT2D eigenvalue weighted by atomic mass is 16.6. The Morgan fingerprint density at radius 1 is 1.24 bits per heavy atom. The van der Waals surface area contributed by atoms with Gasteiger partial charge in [-0.2, -0.15) is 5.10 Å². The number of rotatable bonds is 2. The molecule has 5 nitrogen and oxygen atoms in total. The summed E-state index contributed by atoms with van der Waals surface area (Å²) in [5.41, 5.74) is 4.88. The molecule has 3 atom stereocenters. The van der Waals surface area contributed by atoms with E-state index < -0.39 is 0 Å². The number of aryl methyl sites for hydroxylation is 1. The summed E-state index contributed by atoms with van der Waals surface area (Å²) in [5, 5.41) is 5.88. The maximum Gasteiger partial charge on any atom is 0.125 e. The Morgan fingerprint density at radius 3 is 2.93 bits per heavy atom. The Morgan fingerprint density at radius 2 is 2.14 bits per heavy atom.